The molecule has 1 aromatic rings. The van der Waals surface area contributed by atoms with E-state index >= 15 is 0 Å². The van der Waals surface area contributed by atoms with Crippen LogP contribution in [0, 0.1) is 0 Å². The van der Waals surface area contributed by atoms with Gasteiger partial charge in [0.25, 0.3) is 0 Å². The highest BCUT2D eigenvalue weighted by molar-refractivity contribution is 5.48. The molecular formula is C14H24N4O2. The summed E-state index contributed by atoms with van der Waals surface area (Å²) in [5.74, 6) is 2.41. The molecule has 0 radical (unpaired) electrons. The average molecular weight is 280 g/mol. The molecule has 1 saturated heterocycles. The summed E-state index contributed by atoms with van der Waals surface area (Å²) in [5, 5.41) is 3.07. The van der Waals surface area contributed by atoms with Gasteiger partial charge in [-0.3, -0.25) is 0 Å². The maximum Gasteiger partial charge on any atom is 0.158 e. The molecule has 1 aliphatic heterocycles. The Labute approximate surface area is 120 Å². The Balaban J connectivity index is 2.07. The molecule has 1 N–H and O–H groups in total. The van der Waals surface area contributed by atoms with E-state index in [0.717, 1.165) is 37.6 Å². The predicted octanol–water partition coefficient (Wildman–Crippen LogP) is 1.67. The third kappa shape index (κ3) is 4.05. The minimum Gasteiger partial charge on any atom is -0.376 e. The first-order valence-electron chi connectivity index (χ1n) is 7.19. The minimum atomic E-state index is 0.309. The van der Waals surface area contributed by atoms with E-state index < -0.39 is 0 Å². The molecule has 0 bridgehead atoms. The van der Waals surface area contributed by atoms with E-state index in [1.807, 2.05) is 27.1 Å². The maximum atomic E-state index is 5.67. The fourth-order valence-corrected chi connectivity index (χ4v) is 2.25. The second kappa shape index (κ2) is 7.40. The van der Waals surface area contributed by atoms with Crippen molar-refractivity contribution in [1.29, 1.82) is 0 Å². The third-order valence-electron chi connectivity index (χ3n) is 3.34. The van der Waals surface area contributed by atoms with Crippen LogP contribution in [-0.4, -0.2) is 49.9 Å². The zero-order chi connectivity index (χ0) is 14.4. The molecule has 2 heterocycles. The third-order valence-corrected chi connectivity index (χ3v) is 3.34. The van der Waals surface area contributed by atoms with E-state index in [1.165, 1.54) is 0 Å². The number of anilines is 2. The number of rotatable bonds is 7. The quantitative estimate of drug-likeness (QED) is 0.820. The van der Waals surface area contributed by atoms with Crippen LogP contribution in [0.1, 0.15) is 25.6 Å². The molecule has 20 heavy (non-hydrogen) atoms. The van der Waals surface area contributed by atoms with Crippen molar-refractivity contribution in [2.24, 2.45) is 0 Å². The summed E-state index contributed by atoms with van der Waals surface area (Å²) in [7, 11) is 3.89. The van der Waals surface area contributed by atoms with Gasteiger partial charge in [0.15, 0.2) is 5.82 Å². The van der Waals surface area contributed by atoms with Gasteiger partial charge in [-0.25, -0.2) is 9.97 Å². The highest BCUT2D eigenvalue weighted by Crippen LogP contribution is 2.19. The van der Waals surface area contributed by atoms with E-state index in [1.54, 1.807) is 0 Å². The lowest BCUT2D eigenvalue weighted by Crippen LogP contribution is -2.29. The van der Waals surface area contributed by atoms with Gasteiger partial charge in [0, 0.05) is 39.9 Å². The van der Waals surface area contributed by atoms with Crippen molar-refractivity contribution in [1.82, 2.24) is 9.97 Å². The number of likely N-dealkylation sites (N-methyl/N-ethyl adjacent to an activating group) is 1. The molecule has 1 unspecified atom stereocenters. The van der Waals surface area contributed by atoms with E-state index in [4.69, 9.17) is 9.47 Å². The number of nitrogens with one attached hydrogen (secondary N) is 1. The summed E-state index contributed by atoms with van der Waals surface area (Å²) in [6.07, 6.45) is 2.59. The standard InChI is InChI=1S/C14H24N4O2/c1-4-19-10-13-16-12(15-2)8-14(17-13)18(3)9-11-6-5-7-20-11/h8,11H,4-7,9-10H2,1-3H3,(H,15,16,17). The first kappa shape index (κ1) is 15.0. The lowest BCUT2D eigenvalue weighted by Gasteiger charge is -2.22. The molecule has 1 aromatic heterocycles. The van der Waals surface area contributed by atoms with E-state index in [2.05, 4.69) is 20.2 Å². The summed E-state index contributed by atoms with van der Waals surface area (Å²) in [6, 6.07) is 1.95. The molecule has 1 atom stereocenters. The summed E-state index contributed by atoms with van der Waals surface area (Å²) in [6.45, 7) is 4.79. The first-order valence-corrected chi connectivity index (χ1v) is 7.19. The number of nitrogens with zero attached hydrogens (tertiary/aromatic N) is 3. The van der Waals surface area contributed by atoms with Crippen molar-refractivity contribution in [3.63, 3.8) is 0 Å². The van der Waals surface area contributed by atoms with E-state index in [0.29, 0.717) is 25.1 Å². The second-order valence-corrected chi connectivity index (χ2v) is 4.93. The molecule has 6 heteroatoms. The Morgan fingerprint density at radius 3 is 3.00 bits per heavy atom. The van der Waals surface area contributed by atoms with Crippen LogP contribution in [-0.2, 0) is 16.1 Å². The van der Waals surface area contributed by atoms with Gasteiger partial charge in [0.05, 0.1) is 6.10 Å². The van der Waals surface area contributed by atoms with Gasteiger partial charge in [-0.2, -0.15) is 0 Å². The molecule has 1 aliphatic rings. The number of ether oxygens (including phenoxy) is 2. The minimum absolute atomic E-state index is 0.309. The fourth-order valence-electron chi connectivity index (χ4n) is 2.25. The van der Waals surface area contributed by atoms with Crippen molar-refractivity contribution >= 4 is 11.6 Å². The summed E-state index contributed by atoms with van der Waals surface area (Å²) in [5.41, 5.74) is 0. The Kier molecular flexibility index (Phi) is 5.55. The maximum absolute atomic E-state index is 5.67. The molecule has 2 rings (SSSR count). The van der Waals surface area contributed by atoms with Gasteiger partial charge < -0.3 is 19.7 Å². The van der Waals surface area contributed by atoms with Gasteiger partial charge in [0.1, 0.15) is 18.2 Å². The van der Waals surface area contributed by atoms with Crippen LogP contribution in [0.4, 0.5) is 11.6 Å². The largest absolute Gasteiger partial charge is 0.376 e. The molecule has 6 nitrogen and oxygen atoms in total. The van der Waals surface area contributed by atoms with E-state index in [9.17, 15) is 0 Å². The van der Waals surface area contributed by atoms with Crippen LogP contribution in [0.2, 0.25) is 0 Å². The van der Waals surface area contributed by atoms with Gasteiger partial charge in [-0.05, 0) is 19.8 Å². The highest BCUT2D eigenvalue weighted by Gasteiger charge is 2.18. The van der Waals surface area contributed by atoms with Crippen molar-refractivity contribution in [3.8, 4) is 0 Å². The topological polar surface area (TPSA) is 59.5 Å². The van der Waals surface area contributed by atoms with Gasteiger partial charge in [0.2, 0.25) is 0 Å². The predicted molar refractivity (Wildman–Crippen MR) is 79.2 cm³/mol. The molecule has 0 aromatic carbocycles. The normalized spacial score (nSPS) is 18.2. The molecule has 1 fully saturated rings. The van der Waals surface area contributed by atoms with Crippen molar-refractivity contribution < 1.29 is 9.47 Å². The number of hydrogen-bond donors (Lipinski definition) is 1. The first-order chi connectivity index (χ1) is 9.72. The molecule has 0 spiro atoms. The Morgan fingerprint density at radius 1 is 1.50 bits per heavy atom. The molecule has 0 saturated carbocycles. The van der Waals surface area contributed by atoms with Crippen LogP contribution in [0.5, 0.6) is 0 Å². The molecule has 0 amide bonds. The van der Waals surface area contributed by atoms with Crippen molar-refractivity contribution in [2.45, 2.75) is 32.5 Å². The monoisotopic (exact) mass is 280 g/mol. The highest BCUT2D eigenvalue weighted by atomic mass is 16.5. The molecule has 0 aliphatic carbocycles. The van der Waals surface area contributed by atoms with Crippen LogP contribution in [0.3, 0.4) is 0 Å². The SMILES string of the molecule is CCOCc1nc(NC)cc(N(C)CC2CCCO2)n1. The lowest BCUT2D eigenvalue weighted by atomic mass is 10.2. The molecule has 112 valence electrons. The van der Waals surface area contributed by atoms with Gasteiger partial charge in [-0.1, -0.05) is 0 Å². The van der Waals surface area contributed by atoms with Crippen LogP contribution in [0.15, 0.2) is 6.07 Å². The zero-order valence-corrected chi connectivity index (χ0v) is 12.6. The van der Waals surface area contributed by atoms with Crippen molar-refractivity contribution in [2.75, 3.05) is 44.1 Å². The van der Waals surface area contributed by atoms with Crippen LogP contribution in [0.25, 0.3) is 0 Å². The second-order valence-electron chi connectivity index (χ2n) is 4.93. The Bertz CT molecular complexity index is 422. The van der Waals surface area contributed by atoms with Crippen molar-refractivity contribution in [3.05, 3.63) is 11.9 Å². The number of aromatic nitrogens is 2. The van der Waals surface area contributed by atoms with Gasteiger partial charge >= 0.3 is 0 Å². The van der Waals surface area contributed by atoms with Gasteiger partial charge in [-0.15, -0.1) is 0 Å². The Hall–Kier alpha value is -1.40. The van der Waals surface area contributed by atoms with E-state index in [-0.39, 0.29) is 0 Å². The Morgan fingerprint density at radius 2 is 2.35 bits per heavy atom. The smallest absolute Gasteiger partial charge is 0.158 e. The number of hydrogen-bond acceptors (Lipinski definition) is 6. The lowest BCUT2D eigenvalue weighted by molar-refractivity contribution is 0.116. The summed E-state index contributed by atoms with van der Waals surface area (Å²) in [4.78, 5) is 11.1. The fraction of sp³-hybridized carbons (Fsp3) is 0.714. The summed E-state index contributed by atoms with van der Waals surface area (Å²) >= 11 is 0. The summed E-state index contributed by atoms with van der Waals surface area (Å²) < 4.78 is 11.1. The van der Waals surface area contributed by atoms with Crippen LogP contribution < -0.4 is 10.2 Å². The average Bonchev–Trinajstić information content (AvgIpc) is 2.97. The molecular weight excluding hydrogens is 256 g/mol. The zero-order valence-electron chi connectivity index (χ0n) is 12.6. The van der Waals surface area contributed by atoms with Crippen LogP contribution >= 0.6 is 0 Å².